The third-order valence-corrected chi connectivity index (χ3v) is 6.12. The van der Waals surface area contributed by atoms with Gasteiger partial charge in [0.2, 0.25) is 0 Å². The number of ether oxygens (including phenoxy) is 2. The highest BCUT2D eigenvalue weighted by atomic mass is 35.5. The van der Waals surface area contributed by atoms with Crippen molar-refractivity contribution in [3.63, 3.8) is 0 Å². The fourth-order valence-electron chi connectivity index (χ4n) is 4.16. The zero-order valence-corrected chi connectivity index (χ0v) is 23.2. The highest BCUT2D eigenvalue weighted by molar-refractivity contribution is 6.30. The van der Waals surface area contributed by atoms with Crippen LogP contribution < -0.4 is 9.47 Å². The van der Waals surface area contributed by atoms with Gasteiger partial charge in [0.25, 0.3) is 11.4 Å². The maximum Gasteiger partial charge on any atom is 0.275 e. The van der Waals surface area contributed by atoms with Crippen molar-refractivity contribution < 1.29 is 23.7 Å². The van der Waals surface area contributed by atoms with Crippen molar-refractivity contribution in [1.29, 1.82) is 0 Å². The van der Waals surface area contributed by atoms with E-state index in [1.165, 1.54) is 12.1 Å². The van der Waals surface area contributed by atoms with Gasteiger partial charge in [0.1, 0.15) is 30.5 Å². The monoisotopic (exact) mass is 566 g/mol. The predicted molar refractivity (Wildman–Crippen MR) is 152 cm³/mol. The number of nitro benzene ring substituents is 2. The predicted octanol–water partition coefficient (Wildman–Crippen LogP) is 8.37. The third kappa shape index (κ3) is 8.25. The molecule has 0 atom stereocenters. The van der Waals surface area contributed by atoms with Crippen LogP contribution in [0.2, 0.25) is 5.02 Å². The molecule has 4 aromatic carbocycles. The number of rotatable bonds is 8. The number of nitro groups is 2. The van der Waals surface area contributed by atoms with E-state index in [-0.39, 0.29) is 28.7 Å². The molecule has 10 heteroatoms. The summed E-state index contributed by atoms with van der Waals surface area (Å²) in [6.45, 7) is 7.33. The number of hydrogen-bond acceptors (Lipinski definition) is 6. The van der Waals surface area contributed by atoms with Gasteiger partial charge in [-0.3, -0.25) is 20.2 Å². The molecule has 0 amide bonds. The van der Waals surface area contributed by atoms with Crippen molar-refractivity contribution in [2.75, 3.05) is 0 Å². The van der Waals surface area contributed by atoms with E-state index in [1.54, 1.807) is 70.2 Å². The molecule has 0 aromatic heterocycles. The fourth-order valence-corrected chi connectivity index (χ4v) is 4.37. The summed E-state index contributed by atoms with van der Waals surface area (Å²) in [7, 11) is 0. The Kier molecular flexibility index (Phi) is 10.2. The van der Waals surface area contributed by atoms with Gasteiger partial charge in [-0.15, -0.1) is 0 Å². The lowest BCUT2D eigenvalue weighted by Crippen LogP contribution is -1.99. The highest BCUT2D eigenvalue weighted by Crippen LogP contribution is 2.29. The van der Waals surface area contributed by atoms with Crippen molar-refractivity contribution in [3.05, 3.63) is 137 Å². The van der Waals surface area contributed by atoms with Crippen LogP contribution in [0.15, 0.2) is 72.8 Å². The summed E-state index contributed by atoms with van der Waals surface area (Å²) in [6, 6.07) is 20.1. The third-order valence-electron chi connectivity index (χ3n) is 5.88. The van der Waals surface area contributed by atoms with Crippen molar-refractivity contribution in [2.24, 2.45) is 0 Å². The second-order valence-corrected chi connectivity index (χ2v) is 9.60. The summed E-state index contributed by atoms with van der Waals surface area (Å²) in [4.78, 5) is 21.0. The van der Waals surface area contributed by atoms with Crippen LogP contribution in [0.4, 0.5) is 15.8 Å². The van der Waals surface area contributed by atoms with E-state index in [9.17, 15) is 24.6 Å². The molecule has 0 radical (unpaired) electrons. The summed E-state index contributed by atoms with van der Waals surface area (Å²) in [5.74, 6) is 0.836. The summed E-state index contributed by atoms with van der Waals surface area (Å²) in [6.07, 6.45) is 0. The quantitative estimate of drug-likeness (QED) is 0.157. The molecule has 8 nitrogen and oxygen atoms in total. The molecule has 0 bridgehead atoms. The molecule has 0 aliphatic rings. The standard InChI is InChI=1S/C15H14ClNO3.C15H14FNO3/c2*1-10-6-14(7-11(2)15(10)17(18)19)20-9-12-4-3-5-13(16)8-12/h2*3-8H,9H2,1-2H3. The molecule has 0 heterocycles. The number of benzene rings is 4. The van der Waals surface area contributed by atoms with E-state index in [2.05, 4.69) is 0 Å². The molecule has 0 aliphatic carbocycles. The molecule has 40 heavy (non-hydrogen) atoms. The van der Waals surface area contributed by atoms with Crippen molar-refractivity contribution >= 4 is 23.0 Å². The van der Waals surface area contributed by atoms with Crippen LogP contribution in [-0.2, 0) is 13.2 Å². The molecule has 0 saturated carbocycles. The second-order valence-electron chi connectivity index (χ2n) is 9.16. The van der Waals surface area contributed by atoms with E-state index in [4.69, 9.17) is 21.1 Å². The number of aryl methyl sites for hydroxylation is 4. The lowest BCUT2D eigenvalue weighted by atomic mass is 10.1. The molecule has 0 fully saturated rings. The van der Waals surface area contributed by atoms with Gasteiger partial charge in [-0.05, 0) is 87.4 Å². The Hall–Kier alpha value is -4.50. The molecule has 0 unspecified atom stereocenters. The number of nitrogens with zero attached hydrogens (tertiary/aromatic N) is 2. The van der Waals surface area contributed by atoms with Gasteiger partial charge in [0.05, 0.1) is 9.85 Å². The molecule has 4 aromatic rings. The van der Waals surface area contributed by atoms with E-state index < -0.39 is 4.92 Å². The average molecular weight is 567 g/mol. The van der Waals surface area contributed by atoms with Crippen LogP contribution in [0, 0.1) is 53.7 Å². The lowest BCUT2D eigenvalue weighted by molar-refractivity contribution is -0.386. The van der Waals surface area contributed by atoms with E-state index in [0.717, 1.165) is 5.56 Å². The minimum atomic E-state index is -0.402. The summed E-state index contributed by atoms with van der Waals surface area (Å²) >= 11 is 5.90. The molecule has 208 valence electrons. The minimum absolute atomic E-state index is 0.100. The first kappa shape index (κ1) is 30.0. The van der Waals surface area contributed by atoms with Gasteiger partial charge in [-0.2, -0.15) is 0 Å². The van der Waals surface area contributed by atoms with E-state index >= 15 is 0 Å². The molecule has 0 saturated heterocycles. The smallest absolute Gasteiger partial charge is 0.275 e. The van der Waals surface area contributed by atoms with Gasteiger partial charge in [-0.25, -0.2) is 4.39 Å². The number of hydrogen-bond donors (Lipinski definition) is 0. The first-order valence-corrected chi connectivity index (χ1v) is 12.6. The largest absolute Gasteiger partial charge is 0.489 e. The topological polar surface area (TPSA) is 105 Å². The summed E-state index contributed by atoms with van der Waals surface area (Å²) < 4.78 is 24.2. The Morgan fingerprint density at radius 3 is 1.45 bits per heavy atom. The van der Waals surface area contributed by atoms with Crippen LogP contribution in [0.5, 0.6) is 11.5 Å². The zero-order chi connectivity index (χ0) is 29.4. The Balaban J connectivity index is 0.000000220. The van der Waals surface area contributed by atoms with Crippen LogP contribution in [0.25, 0.3) is 0 Å². The van der Waals surface area contributed by atoms with Gasteiger partial charge >= 0.3 is 0 Å². The van der Waals surface area contributed by atoms with Gasteiger partial charge in [-0.1, -0.05) is 35.9 Å². The first-order valence-electron chi connectivity index (χ1n) is 12.2. The van der Waals surface area contributed by atoms with Gasteiger partial charge in [0, 0.05) is 27.3 Å². The SMILES string of the molecule is Cc1cc(OCc2cccc(Cl)c2)cc(C)c1[N+](=O)[O-].Cc1cc(OCc2cccc(F)c2)cc(C)c1[N+](=O)[O-]. The molecule has 0 N–H and O–H groups in total. The van der Waals surface area contributed by atoms with E-state index in [1.807, 2.05) is 18.2 Å². The van der Waals surface area contributed by atoms with Crippen molar-refractivity contribution in [2.45, 2.75) is 40.9 Å². The number of halogens is 2. The van der Waals surface area contributed by atoms with Crippen LogP contribution in [0.1, 0.15) is 33.4 Å². The van der Waals surface area contributed by atoms with Crippen LogP contribution in [0.3, 0.4) is 0 Å². The Morgan fingerprint density at radius 1 is 0.675 bits per heavy atom. The van der Waals surface area contributed by atoms with Crippen molar-refractivity contribution in [3.8, 4) is 11.5 Å². The Labute approximate surface area is 236 Å². The maximum atomic E-state index is 13.0. The first-order chi connectivity index (χ1) is 18.9. The second kappa shape index (κ2) is 13.5. The molecular formula is C30H28ClFN2O6. The Morgan fingerprint density at radius 2 is 1.07 bits per heavy atom. The minimum Gasteiger partial charge on any atom is -0.489 e. The zero-order valence-electron chi connectivity index (χ0n) is 22.4. The Bertz CT molecular complexity index is 1380. The highest BCUT2D eigenvalue weighted by Gasteiger charge is 2.17. The lowest BCUT2D eigenvalue weighted by Gasteiger charge is -2.09. The van der Waals surface area contributed by atoms with Crippen LogP contribution >= 0.6 is 11.6 Å². The van der Waals surface area contributed by atoms with Crippen molar-refractivity contribution in [1.82, 2.24) is 0 Å². The summed E-state index contributed by atoms with van der Waals surface area (Å²) in [5, 5.41) is 22.5. The van der Waals surface area contributed by atoms with Crippen LogP contribution in [-0.4, -0.2) is 9.85 Å². The average Bonchev–Trinajstić information content (AvgIpc) is 2.85. The summed E-state index contributed by atoms with van der Waals surface area (Å²) in [5.41, 5.74) is 4.17. The maximum absolute atomic E-state index is 13.0. The van der Waals surface area contributed by atoms with E-state index in [0.29, 0.717) is 50.9 Å². The molecule has 4 rings (SSSR count). The molecular weight excluding hydrogens is 539 g/mol. The normalized spacial score (nSPS) is 10.3. The van der Waals surface area contributed by atoms with Gasteiger partial charge < -0.3 is 9.47 Å². The fraction of sp³-hybridized carbons (Fsp3) is 0.200. The molecule has 0 aliphatic heterocycles. The molecule has 0 spiro atoms. The van der Waals surface area contributed by atoms with Gasteiger partial charge in [0.15, 0.2) is 0 Å².